The number of methoxy groups -OCH3 is 1. The van der Waals surface area contributed by atoms with Crippen molar-refractivity contribution in [2.75, 3.05) is 13.7 Å². The average molecular weight is 245 g/mol. The van der Waals surface area contributed by atoms with Crippen LogP contribution < -0.4 is 10.1 Å². The third kappa shape index (κ3) is 3.61. The molecule has 2 heteroatoms. The Morgan fingerprint density at radius 3 is 3.00 bits per heavy atom. The Kier molecular flexibility index (Phi) is 4.82. The zero-order valence-electron chi connectivity index (χ0n) is 11.4. The smallest absolute Gasteiger partial charge is 0.119 e. The van der Waals surface area contributed by atoms with E-state index < -0.39 is 0 Å². The Bertz CT molecular complexity index is 411. The molecule has 18 heavy (non-hydrogen) atoms. The van der Waals surface area contributed by atoms with Crippen LogP contribution in [0.5, 0.6) is 5.75 Å². The molecule has 0 amide bonds. The number of allylic oxidation sites excluding steroid dienone is 1. The van der Waals surface area contributed by atoms with Gasteiger partial charge in [0, 0.05) is 6.04 Å². The topological polar surface area (TPSA) is 21.3 Å². The van der Waals surface area contributed by atoms with E-state index in [0.717, 1.165) is 12.3 Å². The van der Waals surface area contributed by atoms with Gasteiger partial charge in [0.1, 0.15) is 5.75 Å². The van der Waals surface area contributed by atoms with Gasteiger partial charge in [-0.25, -0.2) is 0 Å². The fourth-order valence-electron chi connectivity index (χ4n) is 2.44. The monoisotopic (exact) mass is 245 g/mol. The molecular weight excluding hydrogens is 222 g/mol. The SMILES string of the molecule is COc1cccc(C(C)NCCC2=CCCC2)c1. The van der Waals surface area contributed by atoms with Gasteiger partial charge in [-0.2, -0.15) is 0 Å². The number of hydrogen-bond donors (Lipinski definition) is 1. The Morgan fingerprint density at radius 2 is 2.28 bits per heavy atom. The maximum atomic E-state index is 5.25. The van der Waals surface area contributed by atoms with Crippen LogP contribution in [-0.2, 0) is 0 Å². The minimum atomic E-state index is 0.377. The van der Waals surface area contributed by atoms with Crippen LogP contribution in [0, 0.1) is 0 Å². The highest BCUT2D eigenvalue weighted by molar-refractivity contribution is 5.30. The van der Waals surface area contributed by atoms with E-state index in [4.69, 9.17) is 4.74 Å². The number of rotatable bonds is 6. The van der Waals surface area contributed by atoms with E-state index in [1.54, 1.807) is 12.7 Å². The summed E-state index contributed by atoms with van der Waals surface area (Å²) in [5, 5.41) is 3.58. The maximum Gasteiger partial charge on any atom is 0.119 e. The summed E-state index contributed by atoms with van der Waals surface area (Å²) in [5.41, 5.74) is 2.91. The van der Waals surface area contributed by atoms with Crippen molar-refractivity contribution in [3.63, 3.8) is 0 Å². The fourth-order valence-corrected chi connectivity index (χ4v) is 2.44. The first kappa shape index (κ1) is 13.2. The summed E-state index contributed by atoms with van der Waals surface area (Å²) in [6, 6.07) is 8.66. The van der Waals surface area contributed by atoms with Gasteiger partial charge in [-0.1, -0.05) is 23.8 Å². The molecule has 0 aliphatic heterocycles. The highest BCUT2D eigenvalue weighted by atomic mass is 16.5. The molecule has 0 fully saturated rings. The molecule has 98 valence electrons. The van der Waals surface area contributed by atoms with E-state index >= 15 is 0 Å². The highest BCUT2D eigenvalue weighted by Crippen LogP contribution is 2.21. The molecule has 1 aliphatic rings. The molecule has 0 aromatic heterocycles. The molecule has 2 rings (SSSR count). The zero-order valence-corrected chi connectivity index (χ0v) is 11.4. The summed E-state index contributed by atoms with van der Waals surface area (Å²) in [6.45, 7) is 3.27. The second-order valence-electron chi connectivity index (χ2n) is 4.96. The van der Waals surface area contributed by atoms with Crippen LogP contribution in [-0.4, -0.2) is 13.7 Å². The molecule has 0 spiro atoms. The van der Waals surface area contributed by atoms with Crippen LogP contribution in [0.1, 0.15) is 44.2 Å². The molecule has 0 bridgehead atoms. The zero-order chi connectivity index (χ0) is 12.8. The molecule has 1 aromatic rings. The Hall–Kier alpha value is -1.28. The van der Waals surface area contributed by atoms with Crippen molar-refractivity contribution >= 4 is 0 Å². The molecule has 1 N–H and O–H groups in total. The first-order valence-corrected chi connectivity index (χ1v) is 6.85. The number of ether oxygens (including phenoxy) is 1. The number of nitrogens with one attached hydrogen (secondary N) is 1. The van der Waals surface area contributed by atoms with E-state index in [0.29, 0.717) is 6.04 Å². The molecule has 0 radical (unpaired) electrons. The van der Waals surface area contributed by atoms with Crippen molar-refractivity contribution in [2.45, 2.75) is 38.6 Å². The molecule has 1 aliphatic carbocycles. The van der Waals surface area contributed by atoms with E-state index in [2.05, 4.69) is 30.4 Å². The quantitative estimate of drug-likeness (QED) is 0.769. The Balaban J connectivity index is 1.81. The lowest BCUT2D eigenvalue weighted by molar-refractivity contribution is 0.413. The maximum absolute atomic E-state index is 5.25. The normalized spacial score (nSPS) is 16.4. The summed E-state index contributed by atoms with van der Waals surface area (Å²) < 4.78 is 5.25. The van der Waals surface area contributed by atoms with Gasteiger partial charge in [-0.05, 0) is 56.8 Å². The van der Waals surface area contributed by atoms with E-state index in [1.165, 1.54) is 31.2 Å². The molecule has 1 atom stereocenters. The lowest BCUT2D eigenvalue weighted by Crippen LogP contribution is -2.20. The third-order valence-electron chi connectivity index (χ3n) is 3.63. The van der Waals surface area contributed by atoms with Crippen molar-refractivity contribution in [3.8, 4) is 5.75 Å². The van der Waals surface area contributed by atoms with Gasteiger partial charge in [0.05, 0.1) is 7.11 Å². The second kappa shape index (κ2) is 6.60. The van der Waals surface area contributed by atoms with Crippen molar-refractivity contribution in [1.82, 2.24) is 5.32 Å². The molecule has 1 aromatic carbocycles. The summed E-state index contributed by atoms with van der Waals surface area (Å²) >= 11 is 0. The Labute approximate surface area is 110 Å². The Morgan fingerprint density at radius 1 is 1.39 bits per heavy atom. The van der Waals surface area contributed by atoms with Crippen LogP contribution >= 0.6 is 0 Å². The summed E-state index contributed by atoms with van der Waals surface area (Å²) in [6.07, 6.45) is 7.52. The summed E-state index contributed by atoms with van der Waals surface area (Å²) in [5.74, 6) is 0.930. The summed E-state index contributed by atoms with van der Waals surface area (Å²) in [7, 11) is 1.71. The lowest BCUT2D eigenvalue weighted by atomic mass is 10.1. The predicted molar refractivity (Wildman–Crippen MR) is 76.0 cm³/mol. The molecular formula is C16H23NO. The van der Waals surface area contributed by atoms with E-state index in [-0.39, 0.29) is 0 Å². The molecule has 1 unspecified atom stereocenters. The van der Waals surface area contributed by atoms with Crippen LogP contribution in [0.15, 0.2) is 35.9 Å². The third-order valence-corrected chi connectivity index (χ3v) is 3.63. The van der Waals surface area contributed by atoms with Crippen molar-refractivity contribution < 1.29 is 4.74 Å². The lowest BCUT2D eigenvalue weighted by Gasteiger charge is -2.15. The van der Waals surface area contributed by atoms with Gasteiger partial charge >= 0.3 is 0 Å². The van der Waals surface area contributed by atoms with Crippen LogP contribution in [0.4, 0.5) is 0 Å². The van der Waals surface area contributed by atoms with Gasteiger partial charge in [-0.3, -0.25) is 0 Å². The van der Waals surface area contributed by atoms with Gasteiger partial charge in [0.2, 0.25) is 0 Å². The predicted octanol–water partition coefficient (Wildman–Crippen LogP) is 3.85. The van der Waals surface area contributed by atoms with Gasteiger partial charge in [0.15, 0.2) is 0 Å². The molecule has 0 saturated heterocycles. The van der Waals surface area contributed by atoms with Gasteiger partial charge < -0.3 is 10.1 Å². The minimum Gasteiger partial charge on any atom is -0.497 e. The van der Waals surface area contributed by atoms with Crippen molar-refractivity contribution in [3.05, 3.63) is 41.5 Å². The van der Waals surface area contributed by atoms with Crippen molar-refractivity contribution in [2.24, 2.45) is 0 Å². The van der Waals surface area contributed by atoms with Crippen LogP contribution in [0.2, 0.25) is 0 Å². The number of benzene rings is 1. The van der Waals surface area contributed by atoms with Crippen LogP contribution in [0.25, 0.3) is 0 Å². The molecule has 0 heterocycles. The average Bonchev–Trinajstić information content (AvgIpc) is 2.92. The first-order valence-electron chi connectivity index (χ1n) is 6.85. The van der Waals surface area contributed by atoms with Gasteiger partial charge in [0.25, 0.3) is 0 Å². The summed E-state index contributed by atoms with van der Waals surface area (Å²) in [4.78, 5) is 0. The highest BCUT2D eigenvalue weighted by Gasteiger charge is 2.07. The van der Waals surface area contributed by atoms with E-state index in [1.807, 2.05) is 12.1 Å². The first-order chi connectivity index (χ1) is 8.79. The second-order valence-corrected chi connectivity index (χ2v) is 4.96. The number of hydrogen-bond acceptors (Lipinski definition) is 2. The minimum absolute atomic E-state index is 0.377. The fraction of sp³-hybridized carbons (Fsp3) is 0.500. The van der Waals surface area contributed by atoms with E-state index in [9.17, 15) is 0 Å². The van der Waals surface area contributed by atoms with Crippen molar-refractivity contribution in [1.29, 1.82) is 0 Å². The molecule has 2 nitrogen and oxygen atoms in total. The largest absolute Gasteiger partial charge is 0.497 e. The van der Waals surface area contributed by atoms with Gasteiger partial charge in [-0.15, -0.1) is 0 Å². The standard InChI is InChI=1S/C16H23NO/c1-13(15-8-5-9-16(12-15)18-2)17-11-10-14-6-3-4-7-14/h5-6,8-9,12-13,17H,3-4,7,10-11H2,1-2H3. The van der Waals surface area contributed by atoms with Crippen LogP contribution in [0.3, 0.4) is 0 Å². The molecule has 0 saturated carbocycles.